The van der Waals surface area contributed by atoms with Gasteiger partial charge in [0.05, 0.1) is 29.7 Å². The van der Waals surface area contributed by atoms with Crippen molar-refractivity contribution in [2.75, 3.05) is 13.1 Å². The largest absolute Gasteiger partial charge is 0.490 e. The van der Waals surface area contributed by atoms with Crippen molar-refractivity contribution in [2.45, 2.75) is 45.2 Å². The van der Waals surface area contributed by atoms with Crippen LogP contribution in [0.3, 0.4) is 0 Å². The number of carbonyl (C=O) groups is 1. The summed E-state index contributed by atoms with van der Waals surface area (Å²) in [6, 6.07) is 12.8. The number of nitrogens with zero attached hydrogens (tertiary/aromatic N) is 4. The van der Waals surface area contributed by atoms with Gasteiger partial charge >= 0.3 is 0 Å². The van der Waals surface area contributed by atoms with E-state index in [1.165, 1.54) is 18.2 Å². The number of hydrogen-bond acceptors (Lipinski definition) is 7. The van der Waals surface area contributed by atoms with Crippen LogP contribution in [0.25, 0.3) is 43.7 Å². The zero-order valence-corrected chi connectivity index (χ0v) is 25.3. The Labute approximate surface area is 258 Å². The Balaban J connectivity index is 1.42. The van der Waals surface area contributed by atoms with Gasteiger partial charge in [-0.2, -0.15) is 5.10 Å². The van der Waals surface area contributed by atoms with Crippen LogP contribution in [0.15, 0.2) is 72.9 Å². The lowest BCUT2D eigenvalue weighted by molar-refractivity contribution is -0.125. The van der Waals surface area contributed by atoms with Crippen LogP contribution in [-0.2, 0) is 11.3 Å². The quantitative estimate of drug-likeness (QED) is 0.206. The van der Waals surface area contributed by atoms with Crippen LogP contribution < -0.4 is 10.1 Å². The van der Waals surface area contributed by atoms with Crippen molar-refractivity contribution in [2.24, 2.45) is 0 Å². The second-order valence-corrected chi connectivity index (χ2v) is 12.4. The van der Waals surface area contributed by atoms with E-state index in [2.05, 4.69) is 24.0 Å². The fourth-order valence-electron chi connectivity index (χ4n) is 6.19. The monoisotopic (exact) mass is 609 g/mol. The number of pyridine rings is 1. The number of thiophene rings is 1. The van der Waals surface area contributed by atoms with Crippen LogP contribution in [0, 0.1) is 5.82 Å². The van der Waals surface area contributed by atoms with E-state index in [4.69, 9.17) is 14.8 Å². The highest BCUT2D eigenvalue weighted by Crippen LogP contribution is 2.46. The van der Waals surface area contributed by atoms with Crippen LogP contribution in [0.4, 0.5) is 4.39 Å². The van der Waals surface area contributed by atoms with Crippen LogP contribution >= 0.6 is 11.3 Å². The number of ether oxygens (including phenoxy) is 1. The standard InChI is InChI=1S/C34H32FN5O3S/c1-4-29(41)39-11-9-24(18-39)40-17-22(16-37-40)32-30(26-8-6-23(35)14-28(26)43-19(2)3)33-27(10-12-44-33)31(38-32)20-5-7-25-21(13-20)15-36-34(25)42/h4-8,10,12-14,16-17,19,24,34,36,42H,1,9,11,15,18H2,2-3H3. The van der Waals surface area contributed by atoms with Gasteiger partial charge in [-0.25, -0.2) is 9.37 Å². The Hall–Kier alpha value is -4.38. The Bertz CT molecular complexity index is 1910. The summed E-state index contributed by atoms with van der Waals surface area (Å²) in [7, 11) is 0. The van der Waals surface area contributed by atoms with Crippen molar-refractivity contribution in [3.05, 3.63) is 89.8 Å². The van der Waals surface area contributed by atoms with Gasteiger partial charge in [0, 0.05) is 64.2 Å². The number of rotatable bonds is 7. The predicted octanol–water partition coefficient (Wildman–Crippen LogP) is 6.47. The number of halogens is 1. The summed E-state index contributed by atoms with van der Waals surface area (Å²) in [5.74, 6) is -0.00731. The Morgan fingerprint density at radius 2 is 2.07 bits per heavy atom. The first-order valence-electron chi connectivity index (χ1n) is 14.7. The maximum atomic E-state index is 14.5. The number of aliphatic hydroxyl groups is 1. The molecule has 10 heteroatoms. The third-order valence-corrected chi connectivity index (χ3v) is 9.21. The number of amides is 1. The average Bonchev–Trinajstić information content (AvgIpc) is 3.83. The lowest BCUT2D eigenvalue weighted by Crippen LogP contribution is -2.27. The summed E-state index contributed by atoms with van der Waals surface area (Å²) >= 11 is 1.60. The fourth-order valence-corrected chi connectivity index (χ4v) is 7.15. The Morgan fingerprint density at radius 1 is 1.20 bits per heavy atom. The molecule has 2 aliphatic rings. The molecule has 0 aliphatic carbocycles. The molecule has 0 spiro atoms. The van der Waals surface area contributed by atoms with Gasteiger partial charge in [-0.05, 0) is 67.1 Å². The number of fused-ring (bicyclic) bond motifs is 2. The molecule has 5 heterocycles. The average molecular weight is 610 g/mol. The van der Waals surface area contributed by atoms with E-state index >= 15 is 0 Å². The maximum Gasteiger partial charge on any atom is 0.246 e. The molecule has 224 valence electrons. The molecule has 44 heavy (non-hydrogen) atoms. The Morgan fingerprint density at radius 3 is 2.89 bits per heavy atom. The van der Waals surface area contributed by atoms with Gasteiger partial charge < -0.3 is 14.7 Å². The van der Waals surface area contributed by atoms with Crippen molar-refractivity contribution in [3.8, 4) is 39.4 Å². The lowest BCUT2D eigenvalue weighted by atomic mass is 9.95. The van der Waals surface area contributed by atoms with Gasteiger partial charge in [0.1, 0.15) is 17.8 Å². The second kappa shape index (κ2) is 11.3. The first-order valence-corrected chi connectivity index (χ1v) is 15.6. The minimum atomic E-state index is -0.678. The number of benzene rings is 2. The molecular weight excluding hydrogens is 577 g/mol. The van der Waals surface area contributed by atoms with Crippen molar-refractivity contribution < 1.29 is 19.0 Å². The third-order valence-electron chi connectivity index (χ3n) is 8.28. The molecular formula is C34H32FN5O3S. The van der Waals surface area contributed by atoms with Crippen molar-refractivity contribution in [1.29, 1.82) is 0 Å². The maximum absolute atomic E-state index is 14.5. The minimum Gasteiger partial charge on any atom is -0.490 e. The van der Waals surface area contributed by atoms with Crippen LogP contribution in [0.1, 0.15) is 43.7 Å². The minimum absolute atomic E-state index is 0.0299. The van der Waals surface area contributed by atoms with Gasteiger partial charge in [-0.3, -0.25) is 14.8 Å². The van der Waals surface area contributed by atoms with E-state index in [1.54, 1.807) is 22.3 Å². The zero-order chi connectivity index (χ0) is 30.5. The van der Waals surface area contributed by atoms with Gasteiger partial charge in [0.25, 0.3) is 0 Å². The van der Waals surface area contributed by atoms with Gasteiger partial charge in [-0.1, -0.05) is 18.7 Å². The molecule has 8 nitrogen and oxygen atoms in total. The number of hydrogen-bond donors (Lipinski definition) is 2. The van der Waals surface area contributed by atoms with Crippen LogP contribution in [0.2, 0.25) is 0 Å². The molecule has 5 aromatic rings. The molecule has 0 bridgehead atoms. The van der Waals surface area contributed by atoms with Crippen LogP contribution in [0.5, 0.6) is 5.75 Å². The van der Waals surface area contributed by atoms with Gasteiger partial charge in [-0.15, -0.1) is 11.3 Å². The molecule has 2 aliphatic heterocycles. The molecule has 1 amide bonds. The van der Waals surface area contributed by atoms with E-state index in [0.717, 1.165) is 55.6 Å². The van der Waals surface area contributed by atoms with Gasteiger partial charge in [0.2, 0.25) is 5.91 Å². The topological polar surface area (TPSA) is 92.5 Å². The highest BCUT2D eigenvalue weighted by molar-refractivity contribution is 7.18. The van der Waals surface area contributed by atoms with Crippen molar-refractivity contribution >= 4 is 27.3 Å². The normalized spacial score (nSPS) is 17.9. The summed E-state index contributed by atoms with van der Waals surface area (Å²) in [4.78, 5) is 19.3. The molecule has 2 N–H and O–H groups in total. The Kier molecular flexibility index (Phi) is 7.28. The van der Waals surface area contributed by atoms with Crippen LogP contribution in [-0.4, -0.2) is 49.9 Å². The van der Waals surface area contributed by atoms with Gasteiger partial charge in [0.15, 0.2) is 0 Å². The molecule has 1 fully saturated rings. The summed E-state index contributed by atoms with van der Waals surface area (Å²) < 4.78 is 23.6. The summed E-state index contributed by atoms with van der Waals surface area (Å²) in [5.41, 5.74) is 6.77. The first kappa shape index (κ1) is 28.4. The molecule has 3 aromatic heterocycles. The number of aliphatic hydroxyl groups excluding tert-OH is 1. The molecule has 7 rings (SSSR count). The molecule has 1 saturated heterocycles. The smallest absolute Gasteiger partial charge is 0.246 e. The first-order chi connectivity index (χ1) is 21.3. The second-order valence-electron chi connectivity index (χ2n) is 11.5. The summed E-state index contributed by atoms with van der Waals surface area (Å²) in [6.45, 7) is 9.24. The number of aromatic nitrogens is 3. The third kappa shape index (κ3) is 4.98. The van der Waals surface area contributed by atoms with E-state index in [0.29, 0.717) is 31.1 Å². The zero-order valence-electron chi connectivity index (χ0n) is 24.5. The molecule has 0 radical (unpaired) electrons. The van der Waals surface area contributed by atoms with E-state index < -0.39 is 6.23 Å². The van der Waals surface area contributed by atoms with Crippen molar-refractivity contribution in [1.82, 2.24) is 25.0 Å². The molecule has 2 aromatic carbocycles. The fraction of sp³-hybridized carbons (Fsp3) is 0.265. The highest BCUT2D eigenvalue weighted by atomic mass is 32.1. The molecule has 2 unspecified atom stereocenters. The summed E-state index contributed by atoms with van der Waals surface area (Å²) in [6.07, 6.45) is 5.09. The summed E-state index contributed by atoms with van der Waals surface area (Å²) in [5, 5.41) is 21.1. The van der Waals surface area contributed by atoms with Crippen molar-refractivity contribution in [3.63, 3.8) is 0 Å². The predicted molar refractivity (Wildman–Crippen MR) is 170 cm³/mol. The SMILES string of the molecule is C=CC(=O)N1CCC(n2cc(-c3nc(-c4ccc5c(c4)CNC5O)c4ccsc4c3-c3ccc(F)cc3OC(C)C)cn2)C1. The van der Waals surface area contributed by atoms with E-state index in [-0.39, 0.29) is 23.9 Å². The number of carbonyl (C=O) groups excluding carboxylic acids is 1. The van der Waals surface area contributed by atoms with E-state index in [9.17, 15) is 14.3 Å². The molecule has 0 saturated carbocycles. The van der Waals surface area contributed by atoms with E-state index in [1.807, 2.05) is 48.4 Å². The number of nitrogens with one attached hydrogen (secondary N) is 1. The highest BCUT2D eigenvalue weighted by Gasteiger charge is 2.29. The lowest BCUT2D eigenvalue weighted by Gasteiger charge is -2.18. The molecule has 2 atom stereocenters. The number of likely N-dealkylation sites (tertiary alicyclic amines) is 1.